The van der Waals surface area contributed by atoms with Gasteiger partial charge >= 0.3 is 5.97 Å². The number of nitrogens with zero attached hydrogens (tertiary/aromatic N) is 2. The summed E-state index contributed by atoms with van der Waals surface area (Å²) >= 11 is 0. The maximum atomic E-state index is 11.5. The first-order valence-electron chi connectivity index (χ1n) is 7.38. The minimum absolute atomic E-state index is 0.0574. The van der Waals surface area contributed by atoms with Gasteiger partial charge in [-0.15, -0.1) is 0 Å². The number of carboxylic acids is 1. The summed E-state index contributed by atoms with van der Waals surface area (Å²) in [5, 5.41) is 12.6. The number of carboxylic acid groups (broad SMARTS) is 1. The average Bonchev–Trinajstić information content (AvgIpc) is 2.43. The van der Waals surface area contributed by atoms with E-state index in [1.54, 1.807) is 0 Å². The molecule has 110 valence electrons. The fourth-order valence-corrected chi connectivity index (χ4v) is 2.67. The highest BCUT2D eigenvalue weighted by Gasteiger charge is 2.26. The van der Waals surface area contributed by atoms with Crippen LogP contribution in [0.5, 0.6) is 0 Å². The molecule has 2 atom stereocenters. The molecule has 1 aliphatic rings. The number of carbonyl (C=O) groups is 1. The standard InChI is InChI=1S/C15H23N3O2/c1-4-9(2)13(15(19)20)18-14-11-7-5-6-8-12(11)16-10(3)17-14/h9,13H,4-8H2,1-3H3,(H,19,20)(H,16,17,18)/t9-,13-/m0/s1. The number of anilines is 1. The highest BCUT2D eigenvalue weighted by atomic mass is 16.4. The van der Waals surface area contributed by atoms with Crippen LogP contribution < -0.4 is 5.32 Å². The molecule has 0 bridgehead atoms. The number of hydrogen-bond acceptors (Lipinski definition) is 4. The first-order chi connectivity index (χ1) is 9.52. The second kappa shape index (κ2) is 6.20. The molecule has 20 heavy (non-hydrogen) atoms. The predicted molar refractivity (Wildman–Crippen MR) is 77.9 cm³/mol. The lowest BCUT2D eigenvalue weighted by Crippen LogP contribution is -2.36. The van der Waals surface area contributed by atoms with Gasteiger partial charge in [-0.25, -0.2) is 14.8 Å². The normalized spacial score (nSPS) is 17.1. The van der Waals surface area contributed by atoms with Crippen LogP contribution in [0.15, 0.2) is 0 Å². The van der Waals surface area contributed by atoms with Gasteiger partial charge in [0.1, 0.15) is 17.7 Å². The molecule has 1 aliphatic carbocycles. The number of aryl methyl sites for hydroxylation is 2. The Labute approximate surface area is 119 Å². The van der Waals surface area contributed by atoms with Crippen molar-refractivity contribution in [3.05, 3.63) is 17.1 Å². The van der Waals surface area contributed by atoms with Crippen LogP contribution in [-0.2, 0) is 17.6 Å². The van der Waals surface area contributed by atoms with Crippen molar-refractivity contribution < 1.29 is 9.90 Å². The summed E-state index contributed by atoms with van der Waals surface area (Å²) in [4.78, 5) is 20.4. The Balaban J connectivity index is 2.32. The van der Waals surface area contributed by atoms with Gasteiger partial charge in [0, 0.05) is 11.3 Å². The van der Waals surface area contributed by atoms with Crippen molar-refractivity contribution in [2.24, 2.45) is 5.92 Å². The van der Waals surface area contributed by atoms with Crippen molar-refractivity contribution in [3.8, 4) is 0 Å². The minimum Gasteiger partial charge on any atom is -0.480 e. The van der Waals surface area contributed by atoms with Crippen LogP contribution >= 0.6 is 0 Å². The van der Waals surface area contributed by atoms with Gasteiger partial charge in [-0.3, -0.25) is 0 Å². The molecule has 0 spiro atoms. The Morgan fingerprint density at radius 2 is 2.05 bits per heavy atom. The van der Waals surface area contributed by atoms with Crippen LogP contribution in [0.1, 0.15) is 50.2 Å². The van der Waals surface area contributed by atoms with Gasteiger partial charge in [-0.1, -0.05) is 20.3 Å². The van der Waals surface area contributed by atoms with E-state index in [0.717, 1.165) is 49.2 Å². The topological polar surface area (TPSA) is 75.1 Å². The highest BCUT2D eigenvalue weighted by Crippen LogP contribution is 2.27. The third-order valence-corrected chi connectivity index (χ3v) is 4.07. The molecule has 1 aromatic heterocycles. The number of hydrogen-bond donors (Lipinski definition) is 2. The molecule has 0 unspecified atom stereocenters. The molecule has 1 heterocycles. The van der Waals surface area contributed by atoms with E-state index in [4.69, 9.17) is 0 Å². The molecule has 0 saturated heterocycles. The number of rotatable bonds is 5. The molecular weight excluding hydrogens is 254 g/mol. The van der Waals surface area contributed by atoms with Gasteiger partial charge in [0.05, 0.1) is 0 Å². The van der Waals surface area contributed by atoms with Gasteiger partial charge in [0.25, 0.3) is 0 Å². The summed E-state index contributed by atoms with van der Waals surface area (Å²) in [5.74, 6) is 0.670. The van der Waals surface area contributed by atoms with E-state index in [-0.39, 0.29) is 5.92 Å². The Morgan fingerprint density at radius 3 is 2.70 bits per heavy atom. The van der Waals surface area contributed by atoms with Crippen LogP contribution in [-0.4, -0.2) is 27.1 Å². The van der Waals surface area contributed by atoms with Crippen LogP contribution in [0, 0.1) is 12.8 Å². The lowest BCUT2D eigenvalue weighted by molar-refractivity contribution is -0.139. The van der Waals surface area contributed by atoms with Gasteiger partial charge in [-0.2, -0.15) is 0 Å². The van der Waals surface area contributed by atoms with Crippen molar-refractivity contribution in [1.29, 1.82) is 0 Å². The smallest absolute Gasteiger partial charge is 0.326 e. The summed E-state index contributed by atoms with van der Waals surface area (Å²) in [6.07, 6.45) is 4.99. The summed E-state index contributed by atoms with van der Waals surface area (Å²) in [5.41, 5.74) is 2.19. The molecular formula is C15H23N3O2. The van der Waals surface area contributed by atoms with E-state index >= 15 is 0 Å². The second-order valence-electron chi connectivity index (χ2n) is 5.60. The largest absolute Gasteiger partial charge is 0.480 e. The van der Waals surface area contributed by atoms with E-state index in [9.17, 15) is 9.90 Å². The SMILES string of the molecule is CC[C@H](C)[C@H](Nc1nc(C)nc2c1CCCC2)C(=O)O. The molecule has 5 nitrogen and oxygen atoms in total. The maximum Gasteiger partial charge on any atom is 0.326 e. The van der Waals surface area contributed by atoms with Crippen molar-refractivity contribution in [3.63, 3.8) is 0 Å². The first-order valence-corrected chi connectivity index (χ1v) is 7.38. The molecule has 0 fully saturated rings. The molecule has 2 rings (SSSR count). The van der Waals surface area contributed by atoms with Crippen LogP contribution in [0.2, 0.25) is 0 Å². The Bertz CT molecular complexity index is 502. The third-order valence-electron chi connectivity index (χ3n) is 4.07. The molecule has 2 N–H and O–H groups in total. The fraction of sp³-hybridized carbons (Fsp3) is 0.667. The summed E-state index contributed by atoms with van der Waals surface area (Å²) < 4.78 is 0. The lowest BCUT2D eigenvalue weighted by atomic mass is 9.95. The summed E-state index contributed by atoms with van der Waals surface area (Å²) in [6, 6.07) is -0.597. The second-order valence-corrected chi connectivity index (χ2v) is 5.60. The maximum absolute atomic E-state index is 11.5. The zero-order valence-corrected chi connectivity index (χ0v) is 12.4. The van der Waals surface area contributed by atoms with E-state index in [1.165, 1.54) is 0 Å². The van der Waals surface area contributed by atoms with Crippen molar-refractivity contribution in [2.45, 2.75) is 58.9 Å². The Morgan fingerprint density at radius 1 is 1.35 bits per heavy atom. The monoisotopic (exact) mass is 277 g/mol. The van der Waals surface area contributed by atoms with Crippen molar-refractivity contribution in [1.82, 2.24) is 9.97 Å². The molecule has 5 heteroatoms. The van der Waals surface area contributed by atoms with Crippen molar-refractivity contribution >= 4 is 11.8 Å². The first kappa shape index (κ1) is 14.8. The number of aromatic nitrogens is 2. The lowest BCUT2D eigenvalue weighted by Gasteiger charge is -2.24. The molecule has 0 radical (unpaired) electrons. The van der Waals surface area contributed by atoms with Gasteiger partial charge < -0.3 is 10.4 Å². The highest BCUT2D eigenvalue weighted by molar-refractivity contribution is 5.77. The number of nitrogens with one attached hydrogen (secondary N) is 1. The molecule has 0 aromatic carbocycles. The third kappa shape index (κ3) is 3.08. The van der Waals surface area contributed by atoms with E-state index in [1.807, 2.05) is 20.8 Å². The van der Waals surface area contributed by atoms with Crippen LogP contribution in [0.25, 0.3) is 0 Å². The molecule has 0 aliphatic heterocycles. The molecule has 0 amide bonds. The van der Waals surface area contributed by atoms with E-state index in [2.05, 4.69) is 15.3 Å². The van der Waals surface area contributed by atoms with Crippen LogP contribution in [0.3, 0.4) is 0 Å². The number of fused-ring (bicyclic) bond motifs is 1. The van der Waals surface area contributed by atoms with E-state index in [0.29, 0.717) is 5.82 Å². The van der Waals surface area contributed by atoms with Gasteiger partial charge in [0.2, 0.25) is 0 Å². The Hall–Kier alpha value is -1.65. The van der Waals surface area contributed by atoms with E-state index < -0.39 is 12.0 Å². The molecule has 0 saturated carbocycles. The summed E-state index contributed by atoms with van der Waals surface area (Å²) in [6.45, 7) is 5.81. The average molecular weight is 277 g/mol. The quantitative estimate of drug-likeness (QED) is 0.865. The zero-order chi connectivity index (χ0) is 14.7. The Kier molecular flexibility index (Phi) is 4.57. The fourth-order valence-electron chi connectivity index (χ4n) is 2.67. The predicted octanol–water partition coefficient (Wildman–Crippen LogP) is 2.58. The minimum atomic E-state index is -0.819. The number of aliphatic carboxylic acids is 1. The van der Waals surface area contributed by atoms with Crippen molar-refractivity contribution in [2.75, 3.05) is 5.32 Å². The van der Waals surface area contributed by atoms with Gasteiger partial charge in [0.15, 0.2) is 0 Å². The summed E-state index contributed by atoms with van der Waals surface area (Å²) in [7, 11) is 0. The zero-order valence-electron chi connectivity index (χ0n) is 12.4. The van der Waals surface area contributed by atoms with Crippen LogP contribution in [0.4, 0.5) is 5.82 Å². The molecule has 1 aromatic rings. The van der Waals surface area contributed by atoms with Gasteiger partial charge in [-0.05, 0) is 38.5 Å².